The molecule has 3 aliphatic carbocycles. The summed E-state index contributed by atoms with van der Waals surface area (Å²) in [5.74, 6) is 3.74. The molecule has 0 amide bonds. The van der Waals surface area contributed by atoms with Crippen LogP contribution in [0.15, 0.2) is 267 Å². The highest BCUT2D eigenvalue weighted by molar-refractivity contribution is 5.80. The highest BCUT2D eigenvalue weighted by Gasteiger charge is 2.41. The lowest BCUT2D eigenvalue weighted by atomic mass is 9.60. The molecule has 2 aromatic heterocycles. The van der Waals surface area contributed by atoms with Crippen LogP contribution >= 0.6 is 0 Å². The average Bonchev–Trinajstić information content (AvgIpc) is 1.91. The fraction of sp³-hybridized carbons (Fsp3) is 0.0263. The molecule has 0 radical (unpaired) electrons. The first-order valence-electron chi connectivity index (χ1n) is 27.9. The minimum absolute atomic E-state index is 0.0880. The molecule has 8 nitrogen and oxygen atoms in total. The van der Waals surface area contributed by atoms with Crippen molar-refractivity contribution in [3.05, 3.63) is 317 Å². The van der Waals surface area contributed by atoms with Gasteiger partial charge in [-0.1, -0.05) is 231 Å². The maximum atomic E-state index is 9.38. The minimum Gasteiger partial charge on any atom is -0.238 e. The molecule has 13 aromatic rings. The third-order valence-corrected chi connectivity index (χ3v) is 16.2. The van der Waals surface area contributed by atoms with Crippen molar-refractivity contribution in [3.63, 3.8) is 0 Å². The lowest BCUT2D eigenvalue weighted by Crippen LogP contribution is -2.27. The van der Waals surface area contributed by atoms with Gasteiger partial charge >= 0.3 is 0 Å². The number of rotatable bonds is 10. The molecule has 84 heavy (non-hydrogen) atoms. The molecule has 0 fully saturated rings. The van der Waals surface area contributed by atoms with Crippen molar-refractivity contribution in [1.82, 2.24) is 29.9 Å². The first-order chi connectivity index (χ1) is 41.5. The molecule has 2 unspecified atom stereocenters. The lowest BCUT2D eigenvalue weighted by molar-refractivity contribution is 0.755. The smallest absolute Gasteiger partial charge is 0.187 e. The Morgan fingerprint density at radius 3 is 0.940 bits per heavy atom. The molecule has 16 rings (SSSR count). The Morgan fingerprint density at radius 1 is 0.262 bits per heavy atom. The summed E-state index contributed by atoms with van der Waals surface area (Å²) in [6, 6.07) is 94.2. The summed E-state index contributed by atoms with van der Waals surface area (Å²) in [7, 11) is 0. The molecule has 2 bridgehead atoms. The van der Waals surface area contributed by atoms with Gasteiger partial charge in [-0.25, -0.2) is 34.7 Å². The van der Waals surface area contributed by atoms with Gasteiger partial charge in [0.2, 0.25) is 0 Å². The van der Waals surface area contributed by atoms with Crippen LogP contribution in [0.3, 0.4) is 0 Å². The molecule has 2 heterocycles. The molecule has 0 saturated carbocycles. The van der Waals surface area contributed by atoms with Crippen molar-refractivity contribution in [3.8, 4) is 119 Å². The van der Waals surface area contributed by atoms with Crippen molar-refractivity contribution >= 4 is 5.69 Å². The summed E-state index contributed by atoms with van der Waals surface area (Å²) in [5.41, 5.74) is 23.3. The van der Waals surface area contributed by atoms with Crippen LogP contribution in [0.4, 0.5) is 5.69 Å². The Bertz CT molecular complexity index is 4470. The summed E-state index contributed by atoms with van der Waals surface area (Å²) in [6.45, 7) is 7.39. The molecule has 0 N–H and O–H groups in total. The third-order valence-electron chi connectivity index (χ3n) is 16.2. The van der Waals surface area contributed by atoms with Gasteiger partial charge in [0.25, 0.3) is 0 Å². The molecule has 8 heteroatoms. The molecular weight excluding hydrogens is 1020 g/mol. The van der Waals surface area contributed by atoms with Crippen LogP contribution in [0.25, 0.3) is 118 Å². The number of aromatic nitrogens is 6. The fourth-order valence-electron chi connectivity index (χ4n) is 12.0. The zero-order valence-electron chi connectivity index (χ0n) is 45.1. The van der Waals surface area contributed by atoms with Gasteiger partial charge in [0, 0.05) is 45.2 Å². The number of nitriles is 1. The zero-order chi connectivity index (χ0) is 56.1. The normalized spacial score (nSPS) is 13.5. The Kier molecular flexibility index (Phi) is 12.3. The van der Waals surface area contributed by atoms with Crippen LogP contribution in [-0.4, -0.2) is 29.9 Å². The van der Waals surface area contributed by atoms with Crippen molar-refractivity contribution in [1.29, 1.82) is 5.26 Å². The van der Waals surface area contributed by atoms with Crippen molar-refractivity contribution in [2.45, 2.75) is 11.8 Å². The summed E-state index contributed by atoms with van der Waals surface area (Å²) in [6.07, 6.45) is 0. The van der Waals surface area contributed by atoms with Crippen LogP contribution in [-0.2, 0) is 0 Å². The highest BCUT2D eigenvalue weighted by Crippen LogP contribution is 2.57. The van der Waals surface area contributed by atoms with Gasteiger partial charge in [0.15, 0.2) is 40.6 Å². The molecule has 0 saturated heterocycles. The van der Waals surface area contributed by atoms with Crippen LogP contribution in [0, 0.1) is 17.9 Å². The predicted molar refractivity (Wildman–Crippen MR) is 333 cm³/mol. The summed E-state index contributed by atoms with van der Waals surface area (Å²) < 4.78 is 0. The van der Waals surface area contributed by atoms with E-state index >= 15 is 0 Å². The lowest BCUT2D eigenvalue weighted by Gasteiger charge is -2.42. The second-order valence-corrected chi connectivity index (χ2v) is 21.2. The van der Waals surface area contributed by atoms with Crippen LogP contribution in [0.1, 0.15) is 50.8 Å². The van der Waals surface area contributed by atoms with E-state index in [1.54, 1.807) is 0 Å². The van der Waals surface area contributed by atoms with Crippen molar-refractivity contribution < 1.29 is 0 Å². The van der Waals surface area contributed by atoms with Gasteiger partial charge < -0.3 is 0 Å². The van der Waals surface area contributed by atoms with Gasteiger partial charge in [-0.05, 0) is 114 Å². The Hall–Kier alpha value is -11.6. The maximum absolute atomic E-state index is 9.38. The van der Waals surface area contributed by atoms with E-state index in [1.807, 2.05) is 133 Å². The number of nitrogens with zero attached hydrogens (tertiary/aromatic N) is 8. The van der Waals surface area contributed by atoms with Gasteiger partial charge in [-0.15, -0.1) is 0 Å². The molecule has 3 aliphatic rings. The van der Waals surface area contributed by atoms with Gasteiger partial charge in [0.05, 0.1) is 18.2 Å². The molecule has 11 aromatic carbocycles. The number of benzene rings is 11. The quantitative estimate of drug-likeness (QED) is 0.126. The van der Waals surface area contributed by atoms with E-state index in [0.717, 1.165) is 77.9 Å². The summed E-state index contributed by atoms with van der Waals surface area (Å²) >= 11 is 0. The molecular formula is C76H46N8. The number of hydrogen-bond acceptors (Lipinski definition) is 7. The maximum Gasteiger partial charge on any atom is 0.187 e. The Labute approximate surface area is 486 Å². The Morgan fingerprint density at radius 2 is 0.548 bits per heavy atom. The first-order valence-corrected chi connectivity index (χ1v) is 27.9. The van der Waals surface area contributed by atoms with E-state index in [4.69, 9.17) is 36.5 Å². The summed E-state index contributed by atoms with van der Waals surface area (Å²) in [4.78, 5) is 33.9. The van der Waals surface area contributed by atoms with Crippen molar-refractivity contribution in [2.75, 3.05) is 0 Å². The molecule has 0 aliphatic heterocycles. The van der Waals surface area contributed by atoms with Gasteiger partial charge in [-0.3, -0.25) is 0 Å². The minimum atomic E-state index is 0.0880. The second-order valence-electron chi connectivity index (χ2n) is 21.2. The van der Waals surface area contributed by atoms with E-state index in [2.05, 4.69) is 144 Å². The van der Waals surface area contributed by atoms with E-state index in [1.165, 1.54) is 33.4 Å². The predicted octanol–water partition coefficient (Wildman–Crippen LogP) is 18.1. The van der Waals surface area contributed by atoms with Crippen molar-refractivity contribution in [2.24, 2.45) is 0 Å². The van der Waals surface area contributed by atoms with E-state index in [9.17, 15) is 5.26 Å². The highest BCUT2D eigenvalue weighted by atomic mass is 15.0. The summed E-state index contributed by atoms with van der Waals surface area (Å²) in [5, 5.41) is 9.38. The topological polar surface area (TPSA) is 105 Å². The average molecular weight is 1070 g/mol. The van der Waals surface area contributed by atoms with E-state index in [0.29, 0.717) is 46.2 Å². The third kappa shape index (κ3) is 9.07. The largest absolute Gasteiger partial charge is 0.238 e. The van der Waals surface area contributed by atoms with Crippen LogP contribution < -0.4 is 0 Å². The first kappa shape index (κ1) is 49.5. The van der Waals surface area contributed by atoms with Crippen LogP contribution in [0.2, 0.25) is 0 Å². The van der Waals surface area contributed by atoms with Gasteiger partial charge in [0.1, 0.15) is 0 Å². The van der Waals surface area contributed by atoms with E-state index in [-0.39, 0.29) is 11.8 Å². The molecule has 0 spiro atoms. The van der Waals surface area contributed by atoms with E-state index < -0.39 is 0 Å². The monoisotopic (exact) mass is 1070 g/mol. The molecule has 2 atom stereocenters. The molecule has 390 valence electrons. The second kappa shape index (κ2) is 20.8. The zero-order valence-corrected chi connectivity index (χ0v) is 45.1. The standard InChI is InChI=1S/C76H46N8/c1-78-62-38-34-51(35-39-62)57-17-11-19-61(43-57)76-82-72(53-14-6-3-7-15-53)80-74(84-76)55-32-28-50(29-33-55)59-37-41-66-68(45-59)70-64-21-9-8-20-63(64)69(66)67-44-58(36-40-65(67)70)49-26-30-54(31-27-49)73-79-71(52-12-4-2-5-13-52)81-75(83-73)60-18-10-16-56(42-60)48-24-22-47(46-77)23-25-48/h2-45,69-70H. The van der Waals surface area contributed by atoms with Crippen LogP contribution in [0.5, 0.6) is 0 Å². The Balaban J connectivity index is 0.730. The SMILES string of the molecule is [C-]#[N+]c1ccc(-c2cccc(-c3nc(-c4ccccc4)nc(-c4ccc(-c5ccc6c(c5)C5c7ccccc7C6c6cc(-c7ccc(-c8nc(-c9ccccc9)nc(-c9cccc(-c%10ccc(C#N)cc%10)c9)n8)cc7)ccc65)cc4)n3)c2)cc1. The van der Waals surface area contributed by atoms with Gasteiger partial charge in [-0.2, -0.15) is 5.26 Å². The number of hydrogen-bond donors (Lipinski definition) is 0. The fourth-order valence-corrected chi connectivity index (χ4v) is 12.0.